The third-order valence-electron chi connectivity index (χ3n) is 6.21. The molecule has 0 heterocycles. The lowest BCUT2D eigenvalue weighted by Gasteiger charge is -2.45. The van der Waals surface area contributed by atoms with Gasteiger partial charge in [-0.2, -0.15) is 0 Å². The number of hydrogen-bond donors (Lipinski definition) is 3. The highest BCUT2D eigenvalue weighted by atomic mass is 16.6. The topological polar surface area (TPSA) is 131 Å². The fourth-order valence-electron chi connectivity index (χ4n) is 3.90. The van der Waals surface area contributed by atoms with Gasteiger partial charge in [0.25, 0.3) is 0 Å². The summed E-state index contributed by atoms with van der Waals surface area (Å²) in [5.41, 5.74) is 6.30. The standard InChI is InChI=1S/C28H46N4O5/c1-10-12-15-30-24(34)23(20-16-18(3)13-14-19(20)4)32(28(8,9)11-2)25(35)21(17-22(29)33)31-26(36)37-27(5,6)7/h13-14,16,21,23H,10-12,15,17H2,1-9H3,(H2,29,33)(H,30,34)(H,31,36). The summed E-state index contributed by atoms with van der Waals surface area (Å²) in [5.74, 6) is -1.68. The van der Waals surface area contributed by atoms with E-state index in [2.05, 4.69) is 10.6 Å². The average molecular weight is 519 g/mol. The van der Waals surface area contributed by atoms with Gasteiger partial charge < -0.3 is 26.0 Å². The van der Waals surface area contributed by atoms with Crippen LogP contribution in [0.2, 0.25) is 0 Å². The maximum absolute atomic E-state index is 14.2. The zero-order chi connectivity index (χ0) is 28.6. The third kappa shape index (κ3) is 9.70. The minimum atomic E-state index is -1.31. The number of primary amides is 1. The van der Waals surface area contributed by atoms with Crippen molar-refractivity contribution in [3.8, 4) is 0 Å². The minimum absolute atomic E-state index is 0.327. The van der Waals surface area contributed by atoms with Gasteiger partial charge in [0.2, 0.25) is 17.7 Å². The van der Waals surface area contributed by atoms with E-state index < -0.39 is 47.6 Å². The molecule has 4 N–H and O–H groups in total. The first kappa shape index (κ1) is 31.9. The van der Waals surface area contributed by atoms with E-state index in [1.807, 2.05) is 59.7 Å². The van der Waals surface area contributed by atoms with Gasteiger partial charge in [0.1, 0.15) is 17.7 Å². The Balaban J connectivity index is 3.69. The molecule has 9 nitrogen and oxygen atoms in total. The predicted octanol–water partition coefficient (Wildman–Crippen LogP) is 4.05. The number of nitrogens with two attached hydrogens (primary N) is 1. The molecule has 1 rings (SSSR count). The Morgan fingerprint density at radius 3 is 2.19 bits per heavy atom. The molecule has 0 saturated heterocycles. The molecule has 2 atom stereocenters. The molecule has 9 heteroatoms. The van der Waals surface area contributed by atoms with Crippen LogP contribution in [0.5, 0.6) is 0 Å². The molecular formula is C28H46N4O5. The molecule has 0 aromatic heterocycles. The number of aryl methyl sites for hydroxylation is 2. The van der Waals surface area contributed by atoms with Crippen molar-refractivity contribution >= 4 is 23.8 Å². The first-order valence-electron chi connectivity index (χ1n) is 13.0. The van der Waals surface area contributed by atoms with Crippen LogP contribution in [0, 0.1) is 13.8 Å². The summed E-state index contributed by atoms with van der Waals surface area (Å²) in [6.07, 6.45) is 0.916. The van der Waals surface area contributed by atoms with E-state index in [1.165, 1.54) is 4.90 Å². The molecule has 0 spiro atoms. The van der Waals surface area contributed by atoms with Gasteiger partial charge in [-0.25, -0.2) is 4.79 Å². The fraction of sp³-hybridized carbons (Fsp3) is 0.643. The molecule has 0 bridgehead atoms. The Bertz CT molecular complexity index is 968. The van der Waals surface area contributed by atoms with E-state index in [0.717, 1.165) is 24.0 Å². The van der Waals surface area contributed by atoms with Crippen LogP contribution >= 0.6 is 0 Å². The van der Waals surface area contributed by atoms with Gasteiger partial charge in [-0.05, 0) is 72.4 Å². The van der Waals surface area contributed by atoms with Crippen molar-refractivity contribution in [3.63, 3.8) is 0 Å². The lowest BCUT2D eigenvalue weighted by molar-refractivity contribution is -0.150. The number of nitrogens with one attached hydrogen (secondary N) is 2. The third-order valence-corrected chi connectivity index (χ3v) is 6.21. The highest BCUT2D eigenvalue weighted by Crippen LogP contribution is 2.34. The van der Waals surface area contributed by atoms with Crippen LogP contribution in [0.3, 0.4) is 0 Å². The molecule has 4 amide bonds. The van der Waals surface area contributed by atoms with Gasteiger partial charge in [0.15, 0.2) is 0 Å². The van der Waals surface area contributed by atoms with Crippen molar-refractivity contribution in [2.75, 3.05) is 6.54 Å². The Hall–Kier alpha value is -3.10. The molecule has 37 heavy (non-hydrogen) atoms. The lowest BCUT2D eigenvalue weighted by atomic mass is 9.89. The van der Waals surface area contributed by atoms with Crippen LogP contribution in [0.25, 0.3) is 0 Å². The van der Waals surface area contributed by atoms with E-state index in [-0.39, 0.29) is 5.91 Å². The number of rotatable bonds is 12. The number of nitrogens with zero attached hydrogens (tertiary/aromatic N) is 1. The molecule has 1 aromatic rings. The molecule has 0 aliphatic heterocycles. The molecule has 0 aliphatic carbocycles. The zero-order valence-corrected chi connectivity index (χ0v) is 24.0. The lowest BCUT2D eigenvalue weighted by Crippen LogP contribution is -2.60. The van der Waals surface area contributed by atoms with Gasteiger partial charge >= 0.3 is 6.09 Å². The van der Waals surface area contributed by atoms with Crippen molar-refractivity contribution in [2.45, 2.75) is 111 Å². The molecule has 208 valence electrons. The van der Waals surface area contributed by atoms with Gasteiger partial charge in [-0.15, -0.1) is 0 Å². The second kappa shape index (κ2) is 13.4. The second-order valence-corrected chi connectivity index (χ2v) is 11.2. The normalized spacial score (nSPS) is 13.3. The maximum atomic E-state index is 14.2. The Morgan fingerprint density at radius 2 is 1.68 bits per heavy atom. The first-order chi connectivity index (χ1) is 17.0. The Kier molecular flexibility index (Phi) is 11.6. The summed E-state index contributed by atoms with van der Waals surface area (Å²) in [6, 6.07) is 3.46. The Labute approximate surface area is 221 Å². The largest absolute Gasteiger partial charge is 0.444 e. The van der Waals surface area contributed by atoms with Crippen LogP contribution in [0.4, 0.5) is 4.79 Å². The molecule has 0 aliphatic rings. The highest BCUT2D eigenvalue weighted by molar-refractivity contribution is 5.95. The summed E-state index contributed by atoms with van der Waals surface area (Å²) in [6.45, 7) is 17.0. The van der Waals surface area contributed by atoms with Gasteiger partial charge in [0.05, 0.1) is 6.42 Å². The minimum Gasteiger partial charge on any atom is -0.444 e. The second-order valence-electron chi connectivity index (χ2n) is 11.2. The number of ether oxygens (including phenoxy) is 1. The van der Waals surface area contributed by atoms with Gasteiger partial charge in [0, 0.05) is 12.1 Å². The van der Waals surface area contributed by atoms with Crippen molar-refractivity contribution in [1.82, 2.24) is 15.5 Å². The Morgan fingerprint density at radius 1 is 1.05 bits per heavy atom. The number of carbonyl (C=O) groups is 4. The zero-order valence-electron chi connectivity index (χ0n) is 24.0. The molecule has 2 unspecified atom stereocenters. The SMILES string of the molecule is CCCCNC(=O)C(c1cc(C)ccc1C)N(C(=O)C(CC(N)=O)NC(=O)OC(C)(C)C)C(C)(C)CC. The van der Waals surface area contributed by atoms with Crippen molar-refractivity contribution in [3.05, 3.63) is 34.9 Å². The predicted molar refractivity (Wildman–Crippen MR) is 145 cm³/mol. The van der Waals surface area contributed by atoms with E-state index in [4.69, 9.17) is 10.5 Å². The van der Waals surface area contributed by atoms with E-state index in [0.29, 0.717) is 18.5 Å². The number of alkyl carbamates (subject to hydrolysis) is 1. The highest BCUT2D eigenvalue weighted by Gasteiger charge is 2.43. The number of unbranched alkanes of at least 4 members (excludes halogenated alkanes) is 1. The molecular weight excluding hydrogens is 472 g/mol. The van der Waals surface area contributed by atoms with Crippen molar-refractivity contribution < 1.29 is 23.9 Å². The van der Waals surface area contributed by atoms with Crippen molar-refractivity contribution in [1.29, 1.82) is 0 Å². The molecule has 0 saturated carbocycles. The smallest absolute Gasteiger partial charge is 0.408 e. The van der Waals surface area contributed by atoms with E-state index >= 15 is 0 Å². The van der Waals surface area contributed by atoms with Crippen LogP contribution in [-0.4, -0.2) is 52.4 Å². The fourth-order valence-corrected chi connectivity index (χ4v) is 3.90. The van der Waals surface area contributed by atoms with Crippen LogP contribution in [-0.2, 0) is 19.1 Å². The van der Waals surface area contributed by atoms with Crippen LogP contribution < -0.4 is 16.4 Å². The first-order valence-corrected chi connectivity index (χ1v) is 13.0. The summed E-state index contributed by atoms with van der Waals surface area (Å²) < 4.78 is 5.33. The van der Waals surface area contributed by atoms with Crippen molar-refractivity contribution in [2.24, 2.45) is 5.73 Å². The maximum Gasteiger partial charge on any atom is 0.408 e. The summed E-state index contributed by atoms with van der Waals surface area (Å²) in [5, 5.41) is 5.50. The van der Waals surface area contributed by atoms with Gasteiger partial charge in [-0.3, -0.25) is 14.4 Å². The quantitative estimate of drug-likeness (QED) is 0.359. The number of hydrogen-bond acceptors (Lipinski definition) is 5. The molecule has 1 aromatic carbocycles. The summed E-state index contributed by atoms with van der Waals surface area (Å²) >= 11 is 0. The van der Waals surface area contributed by atoms with Gasteiger partial charge in [-0.1, -0.05) is 44.0 Å². The summed E-state index contributed by atoms with van der Waals surface area (Å²) in [7, 11) is 0. The monoisotopic (exact) mass is 518 g/mol. The summed E-state index contributed by atoms with van der Waals surface area (Å²) in [4.78, 5) is 54.0. The van der Waals surface area contributed by atoms with E-state index in [1.54, 1.807) is 20.8 Å². The van der Waals surface area contributed by atoms with Crippen LogP contribution in [0.1, 0.15) is 96.9 Å². The number of carbonyl (C=O) groups excluding carboxylic acids is 4. The molecule has 0 radical (unpaired) electrons. The molecule has 0 fully saturated rings. The van der Waals surface area contributed by atoms with Crippen LogP contribution in [0.15, 0.2) is 18.2 Å². The van der Waals surface area contributed by atoms with E-state index in [9.17, 15) is 19.2 Å². The average Bonchev–Trinajstić information content (AvgIpc) is 2.76. The number of benzene rings is 1. The number of amides is 4.